The highest BCUT2D eigenvalue weighted by molar-refractivity contribution is 7.99. The van der Waals surface area contributed by atoms with E-state index in [1.807, 2.05) is 11.8 Å². The first-order valence-electron chi connectivity index (χ1n) is 13.0. The van der Waals surface area contributed by atoms with Gasteiger partial charge in [-0.2, -0.15) is 0 Å². The molecule has 1 atom stereocenters. The molecule has 0 aliphatic carbocycles. The fraction of sp³-hybridized carbons (Fsp3) is 0.600. The van der Waals surface area contributed by atoms with Crippen molar-refractivity contribution in [2.45, 2.75) is 103 Å². The quantitative estimate of drug-likeness (QED) is 0.368. The summed E-state index contributed by atoms with van der Waals surface area (Å²) in [6, 6.07) is 19.9. The highest BCUT2D eigenvalue weighted by Gasteiger charge is 2.31. The maximum atomic E-state index is 3.77. The fourth-order valence-electron chi connectivity index (χ4n) is 6.09. The van der Waals surface area contributed by atoms with Gasteiger partial charge in [-0.25, -0.2) is 0 Å². The minimum atomic E-state index is 0.320. The Morgan fingerprint density at radius 1 is 0.688 bits per heavy atom. The van der Waals surface area contributed by atoms with Gasteiger partial charge in [-0.1, -0.05) is 90.1 Å². The van der Waals surface area contributed by atoms with Crippen LogP contribution in [0.25, 0.3) is 0 Å². The second-order valence-electron chi connectivity index (χ2n) is 9.73. The third kappa shape index (κ3) is 4.82. The minimum Gasteiger partial charge on any atom is -0.303 e. The normalized spacial score (nSPS) is 17.3. The monoisotopic (exact) mass is 451 g/mol. The van der Waals surface area contributed by atoms with Crippen LogP contribution in [0.15, 0.2) is 48.5 Å². The van der Waals surface area contributed by atoms with E-state index >= 15 is 0 Å². The third-order valence-corrected chi connectivity index (χ3v) is 9.94. The molecule has 0 amide bonds. The van der Waals surface area contributed by atoms with Crippen molar-refractivity contribution in [3.05, 3.63) is 70.8 Å². The van der Waals surface area contributed by atoms with Crippen molar-refractivity contribution in [3.63, 3.8) is 0 Å². The zero-order chi connectivity index (χ0) is 23.2. The molecule has 176 valence electrons. The Labute approximate surface area is 202 Å². The molecular formula is C30H45NS. The Balaban J connectivity index is 1.96. The Morgan fingerprint density at radius 3 is 1.34 bits per heavy atom. The zero-order valence-electron chi connectivity index (χ0n) is 21.3. The fourth-order valence-corrected chi connectivity index (χ4v) is 7.11. The molecule has 0 saturated carbocycles. The molecule has 1 unspecified atom stereocenters. The summed E-state index contributed by atoms with van der Waals surface area (Å²) in [6.45, 7) is 14.0. The molecule has 0 radical (unpaired) electrons. The molecule has 2 heteroatoms. The zero-order valence-corrected chi connectivity index (χ0v) is 22.2. The Morgan fingerprint density at radius 2 is 1.06 bits per heavy atom. The Kier molecular flexibility index (Phi) is 8.92. The summed E-state index contributed by atoms with van der Waals surface area (Å²) >= 11 is 2.03. The number of thioether (sulfide) groups is 1. The minimum absolute atomic E-state index is 0.320. The van der Waals surface area contributed by atoms with Crippen LogP contribution in [0.5, 0.6) is 0 Å². The lowest BCUT2D eigenvalue weighted by molar-refractivity contribution is 0.381. The first kappa shape index (κ1) is 25.4. The molecule has 0 spiro atoms. The molecule has 1 nitrogen and oxygen atoms in total. The van der Waals surface area contributed by atoms with E-state index in [-0.39, 0.29) is 0 Å². The van der Waals surface area contributed by atoms with Gasteiger partial charge in [0.15, 0.2) is 0 Å². The lowest BCUT2D eigenvalue weighted by Crippen LogP contribution is -2.32. The summed E-state index contributed by atoms with van der Waals surface area (Å²) in [6.07, 6.45) is 7.24. The van der Waals surface area contributed by atoms with Crippen molar-refractivity contribution in [3.8, 4) is 0 Å². The van der Waals surface area contributed by atoms with Gasteiger partial charge in [0.1, 0.15) is 0 Å². The van der Waals surface area contributed by atoms with Gasteiger partial charge >= 0.3 is 0 Å². The Bertz CT molecular complexity index is 729. The van der Waals surface area contributed by atoms with Crippen LogP contribution in [-0.2, 0) is 10.8 Å². The van der Waals surface area contributed by atoms with E-state index in [1.54, 1.807) is 0 Å². The topological polar surface area (TPSA) is 12.0 Å². The van der Waals surface area contributed by atoms with Crippen LogP contribution < -0.4 is 5.32 Å². The number of hydrogen-bond acceptors (Lipinski definition) is 2. The smallest absolute Gasteiger partial charge is 0.0421 e. The van der Waals surface area contributed by atoms with Crippen molar-refractivity contribution in [1.29, 1.82) is 0 Å². The number of rotatable bonds is 11. The number of hydrogen-bond donors (Lipinski definition) is 1. The summed E-state index contributed by atoms with van der Waals surface area (Å²) in [5.74, 6) is 2.65. The van der Waals surface area contributed by atoms with E-state index in [9.17, 15) is 0 Å². The molecule has 2 aromatic rings. The van der Waals surface area contributed by atoms with E-state index < -0.39 is 0 Å². The first-order chi connectivity index (χ1) is 15.5. The average molecular weight is 452 g/mol. The van der Waals surface area contributed by atoms with Crippen LogP contribution in [0.4, 0.5) is 0 Å². The van der Waals surface area contributed by atoms with Crippen molar-refractivity contribution in [2.24, 2.45) is 0 Å². The summed E-state index contributed by atoms with van der Waals surface area (Å²) in [7, 11) is 0. The molecule has 1 fully saturated rings. The molecule has 0 aromatic heterocycles. The van der Waals surface area contributed by atoms with E-state index in [2.05, 4.69) is 95.4 Å². The van der Waals surface area contributed by atoms with E-state index in [0.717, 1.165) is 5.88 Å². The molecule has 2 aromatic carbocycles. The van der Waals surface area contributed by atoms with Gasteiger partial charge in [0.2, 0.25) is 0 Å². The molecule has 1 saturated heterocycles. The van der Waals surface area contributed by atoms with E-state index in [1.165, 1.54) is 66.5 Å². The molecule has 1 heterocycles. The molecular weight excluding hydrogens is 406 g/mol. The van der Waals surface area contributed by atoms with Gasteiger partial charge in [-0.05, 0) is 71.6 Å². The third-order valence-electron chi connectivity index (χ3n) is 8.97. The summed E-state index contributed by atoms with van der Waals surface area (Å²) in [4.78, 5) is 0. The second kappa shape index (κ2) is 11.3. The average Bonchev–Trinajstić information content (AvgIpc) is 3.38. The van der Waals surface area contributed by atoms with Crippen LogP contribution in [-0.4, -0.2) is 17.7 Å². The van der Waals surface area contributed by atoms with Crippen molar-refractivity contribution >= 4 is 11.8 Å². The lowest BCUT2D eigenvalue weighted by atomic mass is 9.72. The number of benzene rings is 2. The van der Waals surface area contributed by atoms with Crippen LogP contribution in [0.3, 0.4) is 0 Å². The van der Waals surface area contributed by atoms with E-state index in [4.69, 9.17) is 0 Å². The van der Waals surface area contributed by atoms with E-state index in [0.29, 0.717) is 22.8 Å². The lowest BCUT2D eigenvalue weighted by Gasteiger charge is -2.33. The standard InChI is InChI=1S/C30H45NS/c1-7-29(8-2,9-3)25-17-13-23(14-18-25)28(27-21-32-22-31-27)24-15-19-26(20-16-24)30(10-4,11-5)12-6/h13-20,27-28,31H,7-12,21-22H2,1-6H3. The predicted molar refractivity (Wildman–Crippen MR) is 144 cm³/mol. The van der Waals surface area contributed by atoms with Gasteiger partial charge in [0.25, 0.3) is 0 Å². The summed E-state index contributed by atoms with van der Waals surface area (Å²) < 4.78 is 0. The highest BCUT2D eigenvalue weighted by Crippen LogP contribution is 2.39. The molecule has 3 rings (SSSR count). The molecule has 1 N–H and O–H groups in total. The maximum Gasteiger partial charge on any atom is 0.0421 e. The number of nitrogens with one attached hydrogen (secondary N) is 1. The van der Waals surface area contributed by atoms with Crippen LogP contribution in [0.2, 0.25) is 0 Å². The molecule has 1 aliphatic heterocycles. The Hall–Kier alpha value is -1.25. The molecule has 0 bridgehead atoms. The maximum absolute atomic E-state index is 3.77. The van der Waals surface area contributed by atoms with Crippen LogP contribution in [0, 0.1) is 0 Å². The predicted octanol–water partition coefficient (Wildman–Crippen LogP) is 8.42. The van der Waals surface area contributed by atoms with Gasteiger partial charge in [0.05, 0.1) is 0 Å². The molecule has 1 aliphatic rings. The van der Waals surface area contributed by atoms with Crippen molar-refractivity contribution in [2.75, 3.05) is 11.6 Å². The van der Waals surface area contributed by atoms with Gasteiger partial charge in [-0.15, -0.1) is 11.8 Å². The SMILES string of the molecule is CCC(CC)(CC)c1ccc(C(c2ccc(C(CC)(CC)CC)cc2)C2CSCN2)cc1. The van der Waals surface area contributed by atoms with Crippen molar-refractivity contribution in [1.82, 2.24) is 5.32 Å². The van der Waals surface area contributed by atoms with Crippen molar-refractivity contribution < 1.29 is 0 Å². The molecule has 32 heavy (non-hydrogen) atoms. The van der Waals surface area contributed by atoms with Crippen LogP contribution >= 0.6 is 11.8 Å². The van der Waals surface area contributed by atoms with Gasteiger partial charge in [-0.3, -0.25) is 0 Å². The summed E-state index contributed by atoms with van der Waals surface area (Å²) in [5.41, 5.74) is 6.56. The second-order valence-corrected chi connectivity index (χ2v) is 10.8. The van der Waals surface area contributed by atoms with Gasteiger partial charge < -0.3 is 5.32 Å². The van der Waals surface area contributed by atoms with Gasteiger partial charge in [0, 0.05) is 23.6 Å². The largest absolute Gasteiger partial charge is 0.303 e. The first-order valence-corrected chi connectivity index (χ1v) is 14.2. The van der Waals surface area contributed by atoms with Crippen LogP contribution in [0.1, 0.15) is 108 Å². The summed E-state index contributed by atoms with van der Waals surface area (Å²) in [5, 5.41) is 3.77. The highest BCUT2D eigenvalue weighted by atomic mass is 32.2.